The summed E-state index contributed by atoms with van der Waals surface area (Å²) in [6, 6.07) is 11.7. The number of aromatic nitrogens is 4. The van der Waals surface area contributed by atoms with Crippen molar-refractivity contribution in [2.75, 3.05) is 7.11 Å². The lowest BCUT2D eigenvalue weighted by Gasteiger charge is -2.08. The smallest absolute Gasteiger partial charge is 0.122 e. The molecule has 0 aliphatic heterocycles. The van der Waals surface area contributed by atoms with Gasteiger partial charge in [-0.2, -0.15) is 0 Å². The zero-order chi connectivity index (χ0) is 19.7. The summed E-state index contributed by atoms with van der Waals surface area (Å²) in [5.41, 5.74) is 2.65. The van der Waals surface area contributed by atoms with Crippen LogP contribution in [-0.2, 0) is 19.3 Å². The van der Waals surface area contributed by atoms with Crippen LogP contribution in [-0.4, -0.2) is 31.3 Å². The van der Waals surface area contributed by atoms with Crippen LogP contribution in [0, 0.1) is 6.92 Å². The number of aromatic hydroxyl groups is 1. The molecule has 0 unspecified atom stereocenters. The number of fused-ring (bicyclic) bond motifs is 1. The maximum atomic E-state index is 10.5. The van der Waals surface area contributed by atoms with Crippen molar-refractivity contribution in [2.24, 2.45) is 7.05 Å². The molecule has 28 heavy (non-hydrogen) atoms. The van der Waals surface area contributed by atoms with E-state index in [9.17, 15) is 5.11 Å². The predicted molar refractivity (Wildman–Crippen MR) is 111 cm³/mol. The molecule has 0 fully saturated rings. The van der Waals surface area contributed by atoms with Crippen LogP contribution in [0.1, 0.15) is 17.2 Å². The van der Waals surface area contributed by atoms with Gasteiger partial charge in [0.05, 0.1) is 30.4 Å². The van der Waals surface area contributed by atoms with Crippen molar-refractivity contribution >= 4 is 22.8 Å². The maximum absolute atomic E-state index is 10.5. The Morgan fingerprint density at radius 3 is 2.82 bits per heavy atom. The van der Waals surface area contributed by atoms with Gasteiger partial charge in [-0.1, -0.05) is 6.07 Å². The third-order valence-corrected chi connectivity index (χ3v) is 5.88. The third kappa shape index (κ3) is 3.45. The fourth-order valence-corrected chi connectivity index (χ4v) is 4.15. The highest BCUT2D eigenvalue weighted by atomic mass is 32.2. The molecular formula is C21H22N4O2S. The quantitative estimate of drug-likeness (QED) is 0.498. The Kier molecular flexibility index (Phi) is 5.00. The SMILES string of the molecule is COc1cccc(SCc2nc3c(Cn4ccnc4C)c(O)ccc3n2C)c1. The van der Waals surface area contributed by atoms with E-state index in [2.05, 4.69) is 15.6 Å². The van der Waals surface area contributed by atoms with Gasteiger partial charge < -0.3 is 19.0 Å². The van der Waals surface area contributed by atoms with Crippen LogP contribution >= 0.6 is 11.8 Å². The van der Waals surface area contributed by atoms with Crippen molar-refractivity contribution in [3.8, 4) is 11.5 Å². The van der Waals surface area contributed by atoms with E-state index in [1.165, 1.54) is 0 Å². The van der Waals surface area contributed by atoms with Crippen molar-refractivity contribution < 1.29 is 9.84 Å². The second-order valence-corrected chi connectivity index (χ2v) is 7.64. The normalized spacial score (nSPS) is 11.2. The van der Waals surface area contributed by atoms with Gasteiger partial charge in [0.1, 0.15) is 23.1 Å². The molecular weight excluding hydrogens is 372 g/mol. The van der Waals surface area contributed by atoms with Crippen molar-refractivity contribution in [2.45, 2.75) is 24.1 Å². The largest absolute Gasteiger partial charge is 0.508 e. The number of phenols is 1. The molecule has 2 aromatic carbocycles. The first kappa shape index (κ1) is 18.4. The lowest BCUT2D eigenvalue weighted by atomic mass is 10.1. The zero-order valence-corrected chi connectivity index (χ0v) is 16.9. The summed E-state index contributed by atoms with van der Waals surface area (Å²) in [6.45, 7) is 2.49. The molecule has 0 spiro atoms. The van der Waals surface area contributed by atoms with Crippen LogP contribution < -0.4 is 4.74 Å². The molecule has 0 aliphatic rings. The van der Waals surface area contributed by atoms with E-state index in [0.29, 0.717) is 6.54 Å². The monoisotopic (exact) mass is 394 g/mol. The fraction of sp³-hybridized carbons (Fsp3) is 0.238. The molecule has 0 amide bonds. The van der Waals surface area contributed by atoms with E-state index in [1.54, 1.807) is 31.1 Å². The number of rotatable bonds is 6. The van der Waals surface area contributed by atoms with Gasteiger partial charge in [0.25, 0.3) is 0 Å². The van der Waals surface area contributed by atoms with Crippen molar-refractivity contribution in [3.63, 3.8) is 0 Å². The topological polar surface area (TPSA) is 65.1 Å². The average molecular weight is 395 g/mol. The van der Waals surface area contributed by atoms with Crippen LogP contribution in [0.25, 0.3) is 11.0 Å². The van der Waals surface area contributed by atoms with Crippen LogP contribution in [0.2, 0.25) is 0 Å². The molecule has 0 bridgehead atoms. The number of hydrogen-bond acceptors (Lipinski definition) is 5. The maximum Gasteiger partial charge on any atom is 0.122 e. The summed E-state index contributed by atoms with van der Waals surface area (Å²) in [6.07, 6.45) is 3.68. The van der Waals surface area contributed by atoms with Gasteiger partial charge in [-0.25, -0.2) is 9.97 Å². The molecule has 2 aromatic heterocycles. The Balaban J connectivity index is 1.66. The van der Waals surface area contributed by atoms with Gasteiger partial charge in [0.2, 0.25) is 0 Å². The minimum Gasteiger partial charge on any atom is -0.508 e. The molecule has 1 N–H and O–H groups in total. The fourth-order valence-electron chi connectivity index (χ4n) is 3.22. The summed E-state index contributed by atoms with van der Waals surface area (Å²) in [7, 11) is 3.69. The second-order valence-electron chi connectivity index (χ2n) is 6.59. The Bertz CT molecular complexity index is 1130. The van der Waals surface area contributed by atoms with Crippen molar-refractivity contribution in [1.82, 2.24) is 19.1 Å². The second kappa shape index (κ2) is 7.59. The first-order valence-corrected chi connectivity index (χ1v) is 9.96. The van der Waals surface area contributed by atoms with E-state index in [4.69, 9.17) is 9.72 Å². The zero-order valence-electron chi connectivity index (χ0n) is 16.1. The molecule has 7 heteroatoms. The van der Waals surface area contributed by atoms with Crippen molar-refractivity contribution in [3.05, 3.63) is 66.0 Å². The highest BCUT2D eigenvalue weighted by molar-refractivity contribution is 7.98. The highest BCUT2D eigenvalue weighted by Crippen LogP contribution is 2.31. The summed E-state index contributed by atoms with van der Waals surface area (Å²) in [4.78, 5) is 10.3. The van der Waals surface area contributed by atoms with Crippen LogP contribution in [0.15, 0.2) is 53.7 Å². The summed E-state index contributed by atoms with van der Waals surface area (Å²) >= 11 is 1.71. The van der Waals surface area contributed by atoms with Crippen LogP contribution in [0.3, 0.4) is 0 Å². The number of methoxy groups -OCH3 is 1. The van der Waals surface area contributed by atoms with Crippen LogP contribution in [0.5, 0.6) is 11.5 Å². The molecule has 2 heterocycles. The highest BCUT2D eigenvalue weighted by Gasteiger charge is 2.16. The minimum absolute atomic E-state index is 0.255. The lowest BCUT2D eigenvalue weighted by Crippen LogP contribution is -2.02. The Morgan fingerprint density at radius 1 is 1.21 bits per heavy atom. The minimum atomic E-state index is 0.255. The van der Waals surface area contributed by atoms with Crippen molar-refractivity contribution in [1.29, 1.82) is 0 Å². The Labute approximate surface area is 167 Å². The Morgan fingerprint density at radius 2 is 2.07 bits per heavy atom. The first-order chi connectivity index (χ1) is 13.6. The number of hydrogen-bond donors (Lipinski definition) is 1. The third-order valence-electron chi connectivity index (χ3n) is 4.89. The molecule has 6 nitrogen and oxygen atoms in total. The van der Waals surface area contributed by atoms with Gasteiger partial charge in [-0.05, 0) is 37.3 Å². The van der Waals surface area contributed by atoms with Gasteiger partial charge in [-0.15, -0.1) is 11.8 Å². The van der Waals surface area contributed by atoms with E-state index in [1.807, 2.05) is 49.0 Å². The molecule has 4 rings (SSSR count). The first-order valence-electron chi connectivity index (χ1n) is 8.97. The summed E-state index contributed by atoms with van der Waals surface area (Å²) < 4.78 is 9.39. The number of benzene rings is 2. The number of aryl methyl sites for hydroxylation is 2. The number of imidazole rings is 2. The van der Waals surface area contributed by atoms with Gasteiger partial charge in [-0.3, -0.25) is 0 Å². The molecule has 0 aliphatic carbocycles. The Hall–Kier alpha value is -2.93. The van der Waals surface area contributed by atoms with E-state index in [0.717, 1.165) is 44.6 Å². The summed E-state index contributed by atoms with van der Waals surface area (Å²) in [5, 5.41) is 10.5. The predicted octanol–water partition coefficient (Wildman–Crippen LogP) is 4.13. The number of nitrogens with zero attached hydrogens (tertiary/aromatic N) is 4. The van der Waals surface area contributed by atoms with E-state index in [-0.39, 0.29) is 5.75 Å². The number of phenolic OH excluding ortho intramolecular Hbond substituents is 1. The average Bonchev–Trinajstić information content (AvgIpc) is 3.25. The van der Waals surface area contributed by atoms with E-state index >= 15 is 0 Å². The number of ether oxygens (including phenoxy) is 1. The van der Waals surface area contributed by atoms with Gasteiger partial charge >= 0.3 is 0 Å². The summed E-state index contributed by atoms with van der Waals surface area (Å²) in [5.74, 6) is 3.68. The molecule has 0 radical (unpaired) electrons. The van der Waals surface area contributed by atoms with Gasteiger partial charge in [0, 0.05) is 29.9 Å². The van der Waals surface area contributed by atoms with Gasteiger partial charge in [0.15, 0.2) is 0 Å². The molecule has 0 atom stereocenters. The van der Waals surface area contributed by atoms with E-state index < -0.39 is 0 Å². The molecule has 0 saturated carbocycles. The molecule has 4 aromatic rings. The number of thioether (sulfide) groups is 1. The molecule has 0 saturated heterocycles. The molecule has 144 valence electrons. The lowest BCUT2D eigenvalue weighted by molar-refractivity contribution is 0.413. The standard InChI is InChI=1S/C21H22N4O2S/c1-14-22-9-10-25(14)12-17-19(26)8-7-18-21(17)23-20(24(18)2)13-28-16-6-4-5-15(11-16)27-3/h4-11,26H,12-13H2,1-3H3. The van der Waals surface area contributed by atoms with Crippen LogP contribution in [0.4, 0.5) is 0 Å².